The predicted molar refractivity (Wildman–Crippen MR) is 301 cm³/mol. The summed E-state index contributed by atoms with van der Waals surface area (Å²) in [6, 6.07) is 55.5. The van der Waals surface area contributed by atoms with E-state index in [2.05, 4.69) is 201 Å². The first-order valence-electron chi connectivity index (χ1n) is 26.1. The van der Waals surface area contributed by atoms with Crippen LogP contribution in [-0.2, 0) is 12.8 Å². The van der Waals surface area contributed by atoms with Crippen LogP contribution in [0.1, 0.15) is 112 Å². The van der Waals surface area contributed by atoms with Crippen molar-refractivity contribution < 1.29 is 8.83 Å². The molecule has 2 heterocycles. The highest BCUT2D eigenvalue weighted by Gasteiger charge is 2.27. The zero-order valence-electron chi connectivity index (χ0n) is 42.1. The van der Waals surface area contributed by atoms with Crippen LogP contribution in [-0.4, -0.2) is 0 Å². The van der Waals surface area contributed by atoms with Gasteiger partial charge in [0, 0.05) is 43.1 Å². The lowest BCUT2D eigenvalue weighted by atomic mass is 9.81. The fraction of sp³-hybridized carbons (Fsp3) is 0.235. The van der Waals surface area contributed by atoms with Gasteiger partial charge in [-0.1, -0.05) is 151 Å². The van der Waals surface area contributed by atoms with E-state index in [1.807, 2.05) is 0 Å². The third-order valence-corrected chi connectivity index (χ3v) is 16.2. The van der Waals surface area contributed by atoms with E-state index in [1.54, 1.807) is 0 Å². The van der Waals surface area contributed by atoms with Crippen molar-refractivity contribution in [1.29, 1.82) is 0 Å². The van der Waals surface area contributed by atoms with E-state index in [-0.39, 0.29) is 0 Å². The molecule has 12 aromatic rings. The molecule has 0 aliphatic carbocycles. The molecule has 0 N–H and O–H groups in total. The van der Waals surface area contributed by atoms with E-state index >= 15 is 0 Å². The van der Waals surface area contributed by atoms with E-state index in [1.165, 1.54) is 88.3 Å². The van der Waals surface area contributed by atoms with Gasteiger partial charge in [-0.15, -0.1) is 0 Å². The van der Waals surface area contributed by atoms with Gasteiger partial charge < -0.3 is 8.83 Å². The van der Waals surface area contributed by atoms with Gasteiger partial charge in [-0.25, -0.2) is 0 Å². The molecule has 0 amide bonds. The lowest BCUT2D eigenvalue weighted by molar-refractivity contribution is 0.672. The zero-order chi connectivity index (χ0) is 47.9. The minimum absolute atomic E-state index is 0.534. The number of benzene rings is 10. The molecule has 70 heavy (non-hydrogen) atoms. The molecule has 0 bridgehead atoms. The Hall–Kier alpha value is -7.16. The van der Waals surface area contributed by atoms with Crippen LogP contribution >= 0.6 is 0 Å². The number of hydrogen-bond donors (Lipinski definition) is 0. The Morgan fingerprint density at radius 1 is 0.386 bits per heavy atom. The van der Waals surface area contributed by atoms with E-state index in [0.29, 0.717) is 11.8 Å². The number of furan rings is 2. The maximum atomic E-state index is 7.28. The highest BCUT2D eigenvalue weighted by atomic mass is 16.3. The summed E-state index contributed by atoms with van der Waals surface area (Å²) in [5, 5.41) is 11.8. The molecular weight excluding hydrogens is 849 g/mol. The average Bonchev–Trinajstić information content (AvgIpc) is 3.95. The summed E-state index contributed by atoms with van der Waals surface area (Å²) in [5.41, 5.74) is 21.7. The summed E-state index contributed by atoms with van der Waals surface area (Å²) in [5.74, 6) is 1.07. The van der Waals surface area contributed by atoms with E-state index < -0.39 is 0 Å². The average molecular weight is 911 g/mol. The van der Waals surface area contributed by atoms with E-state index in [4.69, 9.17) is 8.83 Å². The van der Waals surface area contributed by atoms with Crippen LogP contribution < -0.4 is 0 Å². The van der Waals surface area contributed by atoms with Gasteiger partial charge in [0.1, 0.15) is 22.3 Å². The van der Waals surface area contributed by atoms with Crippen LogP contribution in [0, 0.1) is 13.8 Å². The molecule has 0 saturated carbocycles. The molecule has 0 aliphatic heterocycles. The van der Waals surface area contributed by atoms with E-state index in [9.17, 15) is 0 Å². The van der Waals surface area contributed by atoms with Gasteiger partial charge in [0.15, 0.2) is 0 Å². The summed E-state index contributed by atoms with van der Waals surface area (Å²) in [7, 11) is 0. The first-order valence-corrected chi connectivity index (χ1v) is 26.1. The van der Waals surface area contributed by atoms with Gasteiger partial charge >= 0.3 is 0 Å². The molecule has 10 aromatic carbocycles. The summed E-state index contributed by atoms with van der Waals surface area (Å²) in [6.07, 6.45) is 6.38. The molecule has 0 spiro atoms. The van der Waals surface area contributed by atoms with Crippen LogP contribution in [0.3, 0.4) is 0 Å². The molecule has 0 fully saturated rings. The second-order valence-corrected chi connectivity index (χ2v) is 20.5. The molecule has 12 rings (SSSR count). The predicted octanol–water partition coefficient (Wildman–Crippen LogP) is 20.6. The second kappa shape index (κ2) is 17.4. The molecule has 2 heteroatoms. The van der Waals surface area contributed by atoms with Crippen molar-refractivity contribution in [2.75, 3.05) is 0 Å². The summed E-state index contributed by atoms with van der Waals surface area (Å²) < 4.78 is 14.6. The minimum Gasteiger partial charge on any atom is -0.455 e. The maximum Gasteiger partial charge on any atom is 0.143 e. The smallest absolute Gasteiger partial charge is 0.143 e. The number of rotatable bonds is 12. The Balaban J connectivity index is 1.21. The highest BCUT2D eigenvalue weighted by Crippen LogP contribution is 2.52. The number of hydrogen-bond acceptors (Lipinski definition) is 2. The maximum absolute atomic E-state index is 7.28. The molecule has 346 valence electrons. The lowest BCUT2D eigenvalue weighted by Crippen LogP contribution is -1.98. The van der Waals surface area contributed by atoms with Gasteiger partial charge in [-0.05, 0) is 189 Å². The molecular formula is C68H62O2. The molecule has 2 aromatic heterocycles. The third-order valence-electron chi connectivity index (χ3n) is 16.2. The Labute approximate surface area is 412 Å². The Kier molecular flexibility index (Phi) is 10.9. The van der Waals surface area contributed by atoms with Crippen molar-refractivity contribution in [2.45, 2.75) is 106 Å². The number of aryl methyl sites for hydroxylation is 4. The molecule has 2 unspecified atom stereocenters. The van der Waals surface area contributed by atoms with Gasteiger partial charge in [0.2, 0.25) is 0 Å². The normalized spacial score (nSPS) is 13.1. The van der Waals surface area contributed by atoms with Crippen molar-refractivity contribution in [3.05, 3.63) is 179 Å². The SMILES string of the molecule is CCCc1cccc(C)c1-c1cc2c3oc4cc(-c5ccc(C(C)CC)cc5)ccc4c3cc3c(-c4c(C)cccc4CCC)cc4c5oc6cc(-c7ccc(C(C)CC)cc7)ccc6c5cc1c4c32. The summed E-state index contributed by atoms with van der Waals surface area (Å²) in [4.78, 5) is 0. The molecule has 0 radical (unpaired) electrons. The fourth-order valence-electron chi connectivity index (χ4n) is 12.0. The molecule has 2 atom stereocenters. The Morgan fingerprint density at radius 2 is 0.786 bits per heavy atom. The third kappa shape index (κ3) is 6.97. The molecule has 2 nitrogen and oxygen atoms in total. The van der Waals surface area contributed by atoms with Crippen LogP contribution in [0.5, 0.6) is 0 Å². The van der Waals surface area contributed by atoms with Crippen LogP contribution in [0.4, 0.5) is 0 Å². The van der Waals surface area contributed by atoms with Gasteiger partial charge in [-0.3, -0.25) is 0 Å². The van der Waals surface area contributed by atoms with Crippen molar-refractivity contribution in [2.24, 2.45) is 0 Å². The van der Waals surface area contributed by atoms with Gasteiger partial charge in [0.05, 0.1) is 0 Å². The van der Waals surface area contributed by atoms with Crippen molar-refractivity contribution in [3.8, 4) is 44.5 Å². The largest absolute Gasteiger partial charge is 0.455 e. The van der Waals surface area contributed by atoms with E-state index in [0.717, 1.165) is 104 Å². The van der Waals surface area contributed by atoms with Crippen molar-refractivity contribution in [3.63, 3.8) is 0 Å². The molecule has 0 saturated heterocycles. The fourth-order valence-corrected chi connectivity index (χ4v) is 12.0. The Morgan fingerprint density at radius 3 is 1.17 bits per heavy atom. The second-order valence-electron chi connectivity index (χ2n) is 20.5. The monoisotopic (exact) mass is 910 g/mol. The van der Waals surface area contributed by atoms with Gasteiger partial charge in [0.25, 0.3) is 0 Å². The first-order chi connectivity index (χ1) is 34.2. The van der Waals surface area contributed by atoms with Crippen LogP contribution in [0.2, 0.25) is 0 Å². The van der Waals surface area contributed by atoms with Gasteiger partial charge in [-0.2, -0.15) is 0 Å². The van der Waals surface area contributed by atoms with Crippen LogP contribution in [0.25, 0.3) is 121 Å². The lowest BCUT2D eigenvalue weighted by Gasteiger charge is -2.22. The van der Waals surface area contributed by atoms with Crippen LogP contribution in [0.15, 0.2) is 154 Å². The summed E-state index contributed by atoms with van der Waals surface area (Å²) in [6.45, 7) is 18.3. The topological polar surface area (TPSA) is 26.3 Å². The van der Waals surface area contributed by atoms with Crippen molar-refractivity contribution in [1.82, 2.24) is 0 Å². The Bertz CT molecular complexity index is 3710. The highest BCUT2D eigenvalue weighted by molar-refractivity contribution is 6.38. The first kappa shape index (κ1) is 44.1. The standard InChI is InChI=1S/C68H62O2/c1-9-15-47-19-13-17-41(7)63(47)53-37-59-66-56(36-58-52-32-30-50(34-62(52)69-67(58)59)46-27-23-44(24-28-46)40(6)12-4)54(64-42(8)18-14-20-48(64)16-10-2)38-60-65(66)55(53)35-57-51-31-29-49(33-61(51)70-68(57)60)45-25-21-43(22-26-45)39(5)11-3/h13-14,17-40H,9-12,15-16H2,1-8H3. The quantitative estimate of drug-likeness (QED) is 0.114. The zero-order valence-corrected chi connectivity index (χ0v) is 42.1. The summed E-state index contributed by atoms with van der Waals surface area (Å²) >= 11 is 0. The minimum atomic E-state index is 0.534. The van der Waals surface area contributed by atoms with Crippen molar-refractivity contribution >= 4 is 76.2 Å². The number of fused-ring (bicyclic) bond motifs is 8. The molecule has 0 aliphatic rings.